The van der Waals surface area contributed by atoms with Crippen molar-refractivity contribution in [1.82, 2.24) is 9.88 Å². The summed E-state index contributed by atoms with van der Waals surface area (Å²) in [6.07, 6.45) is 1.49. The van der Waals surface area contributed by atoms with Crippen LogP contribution >= 0.6 is 23.2 Å². The Morgan fingerprint density at radius 1 is 1.19 bits per heavy atom. The van der Waals surface area contributed by atoms with Crippen molar-refractivity contribution in [1.29, 1.82) is 0 Å². The molecule has 0 unspecified atom stereocenters. The number of benzene rings is 1. The van der Waals surface area contributed by atoms with Gasteiger partial charge in [-0.2, -0.15) is 0 Å². The maximum absolute atomic E-state index is 12.5. The molecule has 1 aliphatic heterocycles. The molecule has 1 N–H and O–H groups in total. The van der Waals surface area contributed by atoms with Gasteiger partial charge >= 0.3 is 0 Å². The van der Waals surface area contributed by atoms with E-state index in [0.717, 1.165) is 5.56 Å². The van der Waals surface area contributed by atoms with E-state index in [9.17, 15) is 13.2 Å². The fourth-order valence-electron chi connectivity index (χ4n) is 2.86. The largest absolute Gasteiger partial charge is 0.363 e. The molecule has 0 aliphatic carbocycles. The van der Waals surface area contributed by atoms with Gasteiger partial charge in [-0.1, -0.05) is 29.3 Å². The van der Waals surface area contributed by atoms with E-state index in [1.54, 1.807) is 29.2 Å². The van der Waals surface area contributed by atoms with E-state index in [-0.39, 0.29) is 36.5 Å². The first kappa shape index (κ1) is 19.9. The number of sulfone groups is 1. The molecule has 1 saturated heterocycles. The molecule has 3 rings (SSSR count). The number of nitrogens with zero attached hydrogens (tertiary/aromatic N) is 2. The predicted molar refractivity (Wildman–Crippen MR) is 107 cm³/mol. The second-order valence-electron chi connectivity index (χ2n) is 6.41. The third-order valence-corrected chi connectivity index (χ3v) is 6.61. The van der Waals surface area contributed by atoms with Crippen LogP contribution in [0.15, 0.2) is 36.5 Å². The Hall–Kier alpha value is -1.83. The third-order valence-electron chi connectivity index (χ3n) is 4.44. The second-order valence-corrected chi connectivity index (χ2v) is 9.56. The fraction of sp³-hybridized carbons (Fsp3) is 0.333. The van der Waals surface area contributed by atoms with Crippen LogP contribution in [-0.2, 0) is 9.84 Å². The van der Waals surface area contributed by atoms with Gasteiger partial charge in [-0.3, -0.25) is 4.79 Å². The molecule has 1 aromatic heterocycles. The van der Waals surface area contributed by atoms with Crippen molar-refractivity contribution in [3.63, 3.8) is 0 Å². The smallest absolute Gasteiger partial charge is 0.255 e. The van der Waals surface area contributed by atoms with E-state index in [4.69, 9.17) is 23.2 Å². The number of carbonyl (C=O) groups excluding carboxylic acids is 1. The average Bonchev–Trinajstić information content (AvgIpc) is 2.61. The van der Waals surface area contributed by atoms with Crippen LogP contribution in [-0.4, -0.2) is 48.8 Å². The van der Waals surface area contributed by atoms with E-state index in [2.05, 4.69) is 10.3 Å². The van der Waals surface area contributed by atoms with Crippen molar-refractivity contribution in [2.24, 2.45) is 0 Å². The van der Waals surface area contributed by atoms with Gasteiger partial charge in [0.05, 0.1) is 23.1 Å². The van der Waals surface area contributed by atoms with E-state index >= 15 is 0 Å². The van der Waals surface area contributed by atoms with E-state index in [1.165, 1.54) is 6.20 Å². The Labute approximate surface area is 168 Å². The zero-order valence-electron chi connectivity index (χ0n) is 14.7. The molecule has 0 spiro atoms. The highest BCUT2D eigenvalue weighted by Crippen LogP contribution is 2.28. The molecule has 1 atom stereocenters. The van der Waals surface area contributed by atoms with Gasteiger partial charge < -0.3 is 10.2 Å². The Balaban J connectivity index is 1.65. The molecule has 6 nitrogen and oxygen atoms in total. The molecule has 2 heterocycles. The molecule has 1 amide bonds. The highest BCUT2D eigenvalue weighted by molar-refractivity contribution is 7.91. The first-order valence-corrected chi connectivity index (χ1v) is 11.0. The van der Waals surface area contributed by atoms with Crippen molar-refractivity contribution >= 4 is 44.8 Å². The van der Waals surface area contributed by atoms with Crippen molar-refractivity contribution in [2.75, 3.05) is 29.9 Å². The van der Waals surface area contributed by atoms with E-state index in [0.29, 0.717) is 21.4 Å². The number of aromatic nitrogens is 1. The number of carbonyl (C=O) groups is 1. The summed E-state index contributed by atoms with van der Waals surface area (Å²) in [6, 6.07) is 8.60. The highest BCUT2D eigenvalue weighted by atomic mass is 35.5. The molecule has 0 bridgehead atoms. The van der Waals surface area contributed by atoms with Gasteiger partial charge in [0.2, 0.25) is 0 Å². The minimum atomic E-state index is -3.02. The summed E-state index contributed by atoms with van der Waals surface area (Å²) >= 11 is 12.1. The summed E-state index contributed by atoms with van der Waals surface area (Å²) in [5.74, 6) is 0.403. The Bertz CT molecular complexity index is 935. The quantitative estimate of drug-likeness (QED) is 0.807. The van der Waals surface area contributed by atoms with Crippen LogP contribution in [0.4, 0.5) is 5.82 Å². The number of anilines is 1. The first-order chi connectivity index (χ1) is 12.7. The van der Waals surface area contributed by atoms with Crippen LogP contribution in [0.1, 0.15) is 28.9 Å². The van der Waals surface area contributed by atoms with Gasteiger partial charge in [-0.05, 0) is 36.8 Å². The SMILES string of the molecule is C[C@H](Nc1ccc(C(=O)N2CCS(=O)(=O)CC2)cn1)c1ccc(Cl)cc1Cl. The number of amides is 1. The number of halogens is 2. The van der Waals surface area contributed by atoms with Gasteiger partial charge in [-0.25, -0.2) is 13.4 Å². The molecule has 1 fully saturated rings. The van der Waals surface area contributed by atoms with Crippen molar-refractivity contribution in [3.05, 3.63) is 57.7 Å². The minimum absolute atomic E-state index is 0.00513. The number of hydrogen-bond donors (Lipinski definition) is 1. The van der Waals surface area contributed by atoms with Crippen LogP contribution in [0, 0.1) is 0 Å². The highest BCUT2D eigenvalue weighted by Gasteiger charge is 2.25. The first-order valence-electron chi connectivity index (χ1n) is 8.42. The summed E-state index contributed by atoms with van der Waals surface area (Å²) in [6.45, 7) is 2.38. The lowest BCUT2D eigenvalue weighted by Gasteiger charge is -2.26. The normalized spacial score (nSPS) is 17.4. The Morgan fingerprint density at radius 3 is 2.48 bits per heavy atom. The lowest BCUT2D eigenvalue weighted by molar-refractivity contribution is 0.0770. The third kappa shape index (κ3) is 4.91. The zero-order chi connectivity index (χ0) is 19.6. The molecule has 1 aromatic carbocycles. The molecule has 9 heteroatoms. The number of rotatable bonds is 4. The number of pyridine rings is 1. The van der Waals surface area contributed by atoms with Crippen molar-refractivity contribution < 1.29 is 13.2 Å². The maximum atomic E-state index is 12.5. The molecule has 27 heavy (non-hydrogen) atoms. The maximum Gasteiger partial charge on any atom is 0.255 e. The van der Waals surface area contributed by atoms with Gasteiger partial charge in [0.25, 0.3) is 5.91 Å². The topological polar surface area (TPSA) is 79.4 Å². The molecule has 1 aliphatic rings. The molecule has 144 valence electrons. The number of nitrogens with one attached hydrogen (secondary N) is 1. The minimum Gasteiger partial charge on any atom is -0.363 e. The van der Waals surface area contributed by atoms with Gasteiger partial charge in [0.15, 0.2) is 9.84 Å². The predicted octanol–water partition coefficient (Wildman–Crippen LogP) is 3.43. The summed E-state index contributed by atoms with van der Waals surface area (Å²) in [4.78, 5) is 18.3. The standard InChI is InChI=1S/C18H19Cl2N3O3S/c1-12(15-4-3-14(19)10-16(15)20)22-17-5-2-13(11-21-17)18(24)23-6-8-27(25,26)9-7-23/h2-5,10-12H,6-9H2,1H3,(H,21,22)/t12-/m0/s1. The van der Waals surface area contributed by atoms with Gasteiger partial charge in [0.1, 0.15) is 5.82 Å². The second kappa shape index (κ2) is 8.04. The Morgan fingerprint density at radius 2 is 1.89 bits per heavy atom. The summed E-state index contributed by atoms with van der Waals surface area (Å²) in [5, 5.41) is 4.37. The lowest BCUT2D eigenvalue weighted by atomic mass is 10.1. The molecular weight excluding hydrogens is 409 g/mol. The van der Waals surface area contributed by atoms with Crippen LogP contribution < -0.4 is 5.32 Å². The average molecular weight is 428 g/mol. The van der Waals surface area contributed by atoms with E-state index < -0.39 is 9.84 Å². The zero-order valence-corrected chi connectivity index (χ0v) is 17.0. The molecule has 0 saturated carbocycles. The van der Waals surface area contributed by atoms with Crippen LogP contribution in [0.3, 0.4) is 0 Å². The summed E-state index contributed by atoms with van der Waals surface area (Å²) in [7, 11) is -3.02. The Kier molecular flexibility index (Phi) is 5.93. The van der Waals surface area contributed by atoms with Crippen LogP contribution in [0.25, 0.3) is 0 Å². The van der Waals surface area contributed by atoms with Crippen molar-refractivity contribution in [3.8, 4) is 0 Å². The lowest BCUT2D eigenvalue weighted by Crippen LogP contribution is -2.43. The van der Waals surface area contributed by atoms with Gasteiger partial charge in [0, 0.05) is 29.3 Å². The van der Waals surface area contributed by atoms with E-state index in [1.807, 2.05) is 13.0 Å². The van der Waals surface area contributed by atoms with Crippen LogP contribution in [0.5, 0.6) is 0 Å². The monoisotopic (exact) mass is 427 g/mol. The molecule has 2 aromatic rings. The molecular formula is C18H19Cl2N3O3S. The summed E-state index contributed by atoms with van der Waals surface area (Å²) in [5.41, 5.74) is 1.31. The van der Waals surface area contributed by atoms with Gasteiger partial charge in [-0.15, -0.1) is 0 Å². The summed E-state index contributed by atoms with van der Waals surface area (Å²) < 4.78 is 23.0. The van der Waals surface area contributed by atoms with Crippen molar-refractivity contribution in [2.45, 2.75) is 13.0 Å². The molecule has 0 radical (unpaired) electrons. The fourth-order valence-corrected chi connectivity index (χ4v) is 4.63. The number of hydrogen-bond acceptors (Lipinski definition) is 5. The van der Waals surface area contributed by atoms with Crippen LogP contribution in [0.2, 0.25) is 10.0 Å².